The maximum absolute atomic E-state index is 13.2. The number of benzene rings is 2. The van der Waals surface area contributed by atoms with Gasteiger partial charge in [0.25, 0.3) is 11.7 Å². The van der Waals surface area contributed by atoms with Gasteiger partial charge in [-0.3, -0.25) is 14.9 Å². The monoisotopic (exact) mass is 374 g/mol. The lowest BCUT2D eigenvalue weighted by Crippen LogP contribution is -2.22. The number of ketones is 1. The summed E-state index contributed by atoms with van der Waals surface area (Å²) in [6.07, 6.45) is 0. The summed E-state index contributed by atoms with van der Waals surface area (Å²) in [5.41, 5.74) is 2.46. The molecule has 0 radical (unpaired) electrons. The summed E-state index contributed by atoms with van der Waals surface area (Å²) in [6.45, 7) is 1.90. The lowest BCUT2D eigenvalue weighted by Gasteiger charge is -2.02. The summed E-state index contributed by atoms with van der Waals surface area (Å²) in [7, 11) is 0. The fourth-order valence-electron chi connectivity index (χ4n) is 2.11. The van der Waals surface area contributed by atoms with Crippen LogP contribution in [0.15, 0.2) is 47.8 Å². The number of Topliss-reactive ketones (excluding diaryl/α,β-unsaturated/α-hetero) is 1. The third kappa shape index (κ3) is 3.92. The minimum atomic E-state index is -0.762. The van der Waals surface area contributed by atoms with Crippen molar-refractivity contribution in [3.05, 3.63) is 69.8 Å². The van der Waals surface area contributed by atoms with Gasteiger partial charge in [-0.15, -0.1) is 11.3 Å². The SMILES string of the molecule is Cc1ccc(C(=O)C(=O)Nc2nc(-c3ccc(F)c(Cl)c3)cs2)cc1. The average Bonchev–Trinajstić information content (AvgIpc) is 3.06. The zero-order valence-corrected chi connectivity index (χ0v) is 14.6. The number of thiazole rings is 1. The fraction of sp³-hybridized carbons (Fsp3) is 0.0556. The number of amides is 1. The molecule has 7 heteroatoms. The summed E-state index contributed by atoms with van der Waals surface area (Å²) in [6, 6.07) is 11.0. The van der Waals surface area contributed by atoms with Crippen molar-refractivity contribution in [2.24, 2.45) is 0 Å². The van der Waals surface area contributed by atoms with E-state index < -0.39 is 17.5 Å². The smallest absolute Gasteiger partial charge is 0.295 e. The van der Waals surface area contributed by atoms with Crippen molar-refractivity contribution in [3.8, 4) is 11.3 Å². The van der Waals surface area contributed by atoms with E-state index in [2.05, 4.69) is 10.3 Å². The molecular formula is C18H12ClFN2O2S. The Morgan fingerprint density at radius 3 is 2.56 bits per heavy atom. The van der Waals surface area contributed by atoms with E-state index in [1.807, 2.05) is 6.92 Å². The normalized spacial score (nSPS) is 10.5. The Kier molecular flexibility index (Phi) is 4.92. The van der Waals surface area contributed by atoms with Crippen LogP contribution in [0.2, 0.25) is 5.02 Å². The molecule has 0 saturated heterocycles. The van der Waals surface area contributed by atoms with Gasteiger partial charge in [-0.05, 0) is 25.1 Å². The van der Waals surface area contributed by atoms with Gasteiger partial charge in [0, 0.05) is 16.5 Å². The van der Waals surface area contributed by atoms with E-state index in [1.54, 1.807) is 35.7 Å². The van der Waals surface area contributed by atoms with Gasteiger partial charge in [-0.1, -0.05) is 41.4 Å². The Labute approximate surface area is 152 Å². The molecule has 25 heavy (non-hydrogen) atoms. The van der Waals surface area contributed by atoms with Gasteiger partial charge < -0.3 is 0 Å². The molecule has 0 fully saturated rings. The van der Waals surface area contributed by atoms with Crippen LogP contribution >= 0.6 is 22.9 Å². The Morgan fingerprint density at radius 2 is 1.88 bits per heavy atom. The second-order valence-corrected chi connectivity index (χ2v) is 6.58. The topological polar surface area (TPSA) is 59.1 Å². The van der Waals surface area contributed by atoms with Crippen LogP contribution in [0.3, 0.4) is 0 Å². The predicted octanol–water partition coefficient (Wildman–Crippen LogP) is 4.73. The molecule has 0 atom stereocenters. The van der Waals surface area contributed by atoms with Crippen molar-refractivity contribution in [3.63, 3.8) is 0 Å². The number of carbonyl (C=O) groups is 2. The molecule has 2 aromatic carbocycles. The van der Waals surface area contributed by atoms with Gasteiger partial charge in [0.1, 0.15) is 5.82 Å². The fourth-order valence-corrected chi connectivity index (χ4v) is 3.00. The van der Waals surface area contributed by atoms with E-state index in [-0.39, 0.29) is 10.2 Å². The molecule has 4 nitrogen and oxygen atoms in total. The molecule has 0 aliphatic heterocycles. The van der Waals surface area contributed by atoms with Gasteiger partial charge in [0.05, 0.1) is 10.7 Å². The number of rotatable bonds is 4. The van der Waals surface area contributed by atoms with Crippen LogP contribution in [0.4, 0.5) is 9.52 Å². The van der Waals surface area contributed by atoms with E-state index in [0.717, 1.165) is 5.56 Å². The van der Waals surface area contributed by atoms with Gasteiger partial charge in [0.2, 0.25) is 0 Å². The predicted molar refractivity (Wildman–Crippen MR) is 96.7 cm³/mol. The van der Waals surface area contributed by atoms with Crippen molar-refractivity contribution in [2.45, 2.75) is 6.92 Å². The molecule has 0 spiro atoms. The molecule has 3 rings (SSSR count). The largest absolute Gasteiger partial charge is 0.298 e. The van der Waals surface area contributed by atoms with Crippen LogP contribution in [-0.4, -0.2) is 16.7 Å². The van der Waals surface area contributed by atoms with Crippen LogP contribution in [0.1, 0.15) is 15.9 Å². The van der Waals surface area contributed by atoms with Crippen LogP contribution in [0, 0.1) is 12.7 Å². The van der Waals surface area contributed by atoms with Crippen molar-refractivity contribution in [1.29, 1.82) is 0 Å². The van der Waals surface area contributed by atoms with Crippen LogP contribution in [0.25, 0.3) is 11.3 Å². The molecule has 126 valence electrons. The van der Waals surface area contributed by atoms with Crippen molar-refractivity contribution < 1.29 is 14.0 Å². The molecule has 3 aromatic rings. The number of aromatic nitrogens is 1. The first kappa shape index (κ1) is 17.3. The highest BCUT2D eigenvalue weighted by molar-refractivity contribution is 7.14. The number of nitrogens with zero attached hydrogens (tertiary/aromatic N) is 1. The number of aryl methyl sites for hydroxylation is 1. The maximum Gasteiger partial charge on any atom is 0.298 e. The number of hydrogen-bond donors (Lipinski definition) is 1. The number of nitrogens with one attached hydrogen (secondary N) is 1. The lowest BCUT2D eigenvalue weighted by atomic mass is 10.1. The van der Waals surface area contributed by atoms with E-state index in [4.69, 9.17) is 11.6 Å². The first-order chi connectivity index (χ1) is 11.9. The molecule has 1 amide bonds. The van der Waals surface area contributed by atoms with Gasteiger partial charge in [-0.2, -0.15) is 0 Å². The highest BCUT2D eigenvalue weighted by atomic mass is 35.5. The van der Waals surface area contributed by atoms with Gasteiger partial charge in [0.15, 0.2) is 5.13 Å². The van der Waals surface area contributed by atoms with Crippen LogP contribution in [0.5, 0.6) is 0 Å². The highest BCUT2D eigenvalue weighted by Gasteiger charge is 2.18. The number of hydrogen-bond acceptors (Lipinski definition) is 4. The summed E-state index contributed by atoms with van der Waals surface area (Å²) in [4.78, 5) is 28.4. The van der Waals surface area contributed by atoms with Crippen molar-refractivity contribution >= 4 is 39.8 Å². The quantitative estimate of drug-likeness (QED) is 0.530. The van der Waals surface area contributed by atoms with E-state index in [1.165, 1.54) is 23.5 Å². The second-order valence-electron chi connectivity index (χ2n) is 5.32. The van der Waals surface area contributed by atoms with E-state index in [9.17, 15) is 14.0 Å². The van der Waals surface area contributed by atoms with E-state index >= 15 is 0 Å². The molecule has 1 heterocycles. The van der Waals surface area contributed by atoms with Gasteiger partial charge in [-0.25, -0.2) is 9.37 Å². The van der Waals surface area contributed by atoms with Crippen molar-refractivity contribution in [2.75, 3.05) is 5.32 Å². The molecule has 0 aliphatic rings. The number of carbonyl (C=O) groups excluding carboxylic acids is 2. The van der Waals surface area contributed by atoms with Crippen LogP contribution < -0.4 is 5.32 Å². The zero-order valence-electron chi connectivity index (χ0n) is 13.0. The molecule has 1 aromatic heterocycles. The second kappa shape index (κ2) is 7.13. The Bertz CT molecular complexity index is 954. The molecule has 0 unspecified atom stereocenters. The molecule has 0 bridgehead atoms. The number of anilines is 1. The minimum absolute atomic E-state index is 0.00867. The molecule has 1 N–H and O–H groups in total. The lowest BCUT2D eigenvalue weighted by molar-refractivity contribution is -0.112. The first-order valence-electron chi connectivity index (χ1n) is 7.27. The molecule has 0 aliphatic carbocycles. The first-order valence-corrected chi connectivity index (χ1v) is 8.53. The molecule has 0 saturated carbocycles. The Hall–Kier alpha value is -2.57. The number of halogens is 2. The standard InChI is InChI=1S/C18H12ClFN2O2S/c1-10-2-4-11(5-3-10)16(23)17(24)22-18-21-15(9-25-18)12-6-7-14(20)13(19)8-12/h2-9H,1H3,(H,21,22,24). The maximum atomic E-state index is 13.2. The zero-order chi connectivity index (χ0) is 18.0. The minimum Gasteiger partial charge on any atom is -0.295 e. The highest BCUT2D eigenvalue weighted by Crippen LogP contribution is 2.28. The average molecular weight is 375 g/mol. The van der Waals surface area contributed by atoms with E-state index in [0.29, 0.717) is 16.8 Å². The summed E-state index contributed by atoms with van der Waals surface area (Å²) in [5, 5.41) is 4.44. The van der Waals surface area contributed by atoms with Crippen LogP contribution in [-0.2, 0) is 4.79 Å². The summed E-state index contributed by atoms with van der Waals surface area (Å²) >= 11 is 6.93. The summed E-state index contributed by atoms with van der Waals surface area (Å²) < 4.78 is 13.2. The van der Waals surface area contributed by atoms with Gasteiger partial charge >= 0.3 is 0 Å². The summed E-state index contributed by atoms with van der Waals surface area (Å²) in [5.74, 6) is -1.92. The Balaban J connectivity index is 1.74. The third-order valence-corrected chi connectivity index (χ3v) is 4.51. The third-order valence-electron chi connectivity index (χ3n) is 3.46. The van der Waals surface area contributed by atoms with Crippen molar-refractivity contribution in [1.82, 2.24) is 4.98 Å². The Morgan fingerprint density at radius 1 is 1.16 bits per heavy atom. The molecular weight excluding hydrogens is 363 g/mol.